The summed E-state index contributed by atoms with van der Waals surface area (Å²) in [4.78, 5) is 63.7. The molecule has 160 valence electrons. The first-order chi connectivity index (χ1) is 14.1. The van der Waals surface area contributed by atoms with Crippen molar-refractivity contribution >= 4 is 29.6 Å². The normalized spacial score (nSPS) is 20.1. The van der Waals surface area contributed by atoms with Crippen LogP contribution in [0.15, 0.2) is 18.2 Å². The van der Waals surface area contributed by atoms with Crippen LogP contribution in [0.3, 0.4) is 0 Å². The number of imide groups is 2. The number of hydrogen-bond donors (Lipinski definition) is 1. The lowest BCUT2D eigenvalue weighted by molar-refractivity contribution is -0.156. The maximum absolute atomic E-state index is 14.0. The Balaban J connectivity index is 1.72. The Hall–Kier alpha value is -3.14. The second kappa shape index (κ2) is 8.31. The molecule has 0 radical (unpaired) electrons. The number of amides is 4. The van der Waals surface area contributed by atoms with E-state index in [9.17, 15) is 28.4 Å². The zero-order valence-electron chi connectivity index (χ0n) is 16.6. The van der Waals surface area contributed by atoms with Crippen LogP contribution >= 0.6 is 0 Å². The van der Waals surface area contributed by atoms with E-state index in [1.807, 2.05) is 0 Å². The van der Waals surface area contributed by atoms with Gasteiger partial charge in [-0.2, -0.15) is 0 Å². The predicted octanol–water partition coefficient (Wildman–Crippen LogP) is 0.466. The topological polar surface area (TPSA) is 127 Å². The van der Waals surface area contributed by atoms with Crippen LogP contribution in [0.5, 0.6) is 0 Å². The van der Waals surface area contributed by atoms with Crippen LogP contribution in [0.4, 0.5) is 4.39 Å². The summed E-state index contributed by atoms with van der Waals surface area (Å²) in [6, 6.07) is 1.61. The summed E-state index contributed by atoms with van der Waals surface area (Å²) in [7, 11) is 0. The Bertz CT molecular complexity index is 931. The number of rotatable bonds is 6. The van der Waals surface area contributed by atoms with E-state index >= 15 is 0 Å². The minimum atomic E-state index is -1.23. The van der Waals surface area contributed by atoms with Crippen LogP contribution in [0.1, 0.15) is 47.4 Å². The van der Waals surface area contributed by atoms with Gasteiger partial charge in [0.1, 0.15) is 24.5 Å². The number of esters is 1. The Morgan fingerprint density at radius 1 is 1.23 bits per heavy atom. The third-order valence-corrected chi connectivity index (χ3v) is 5.24. The number of benzene rings is 1. The molecule has 2 N–H and O–H groups in total. The largest absolute Gasteiger partial charge is 0.463 e. The minimum absolute atomic E-state index is 0.0563. The highest BCUT2D eigenvalue weighted by molar-refractivity contribution is 6.23. The van der Waals surface area contributed by atoms with Crippen molar-refractivity contribution in [1.82, 2.24) is 9.80 Å². The molecule has 1 unspecified atom stereocenters. The smallest absolute Gasteiger partial charge is 0.323 e. The Morgan fingerprint density at radius 2 is 1.93 bits per heavy atom. The summed E-state index contributed by atoms with van der Waals surface area (Å²) >= 11 is 0. The highest BCUT2D eigenvalue weighted by Crippen LogP contribution is 2.30. The van der Waals surface area contributed by atoms with Crippen LogP contribution < -0.4 is 5.73 Å². The van der Waals surface area contributed by atoms with Crippen molar-refractivity contribution in [3.63, 3.8) is 0 Å². The molecule has 30 heavy (non-hydrogen) atoms. The number of nitrogens with zero attached hydrogens (tertiary/aromatic N) is 2. The third-order valence-electron chi connectivity index (χ3n) is 5.24. The monoisotopic (exact) mass is 419 g/mol. The maximum atomic E-state index is 14.0. The van der Waals surface area contributed by atoms with E-state index in [0.29, 0.717) is 4.90 Å². The van der Waals surface area contributed by atoms with Crippen molar-refractivity contribution in [2.75, 3.05) is 13.2 Å². The second-order valence-corrected chi connectivity index (χ2v) is 7.52. The fourth-order valence-electron chi connectivity index (χ4n) is 3.45. The van der Waals surface area contributed by atoms with Crippen LogP contribution in [0.2, 0.25) is 0 Å². The predicted molar refractivity (Wildman–Crippen MR) is 100 cm³/mol. The molecule has 0 spiro atoms. The van der Waals surface area contributed by atoms with E-state index in [-0.39, 0.29) is 43.0 Å². The molecule has 1 aromatic rings. The molecule has 2 aliphatic rings. The molecule has 2 heterocycles. The van der Waals surface area contributed by atoms with Gasteiger partial charge in [-0.1, -0.05) is 19.9 Å². The van der Waals surface area contributed by atoms with E-state index in [4.69, 9.17) is 10.5 Å². The number of halogens is 1. The quantitative estimate of drug-likeness (QED) is 0.524. The van der Waals surface area contributed by atoms with Crippen LogP contribution in [-0.2, 0) is 19.1 Å². The van der Waals surface area contributed by atoms with Crippen molar-refractivity contribution in [2.24, 2.45) is 11.7 Å². The molecule has 0 bridgehead atoms. The SMILES string of the molecule is CC(C)[C@H](N)C(=O)OCCN1C(=O)CCC(N2C(=O)c3cccc(F)c3C2=O)C1=O. The molecule has 1 saturated heterocycles. The van der Waals surface area contributed by atoms with E-state index in [1.54, 1.807) is 13.8 Å². The molecule has 2 aliphatic heterocycles. The van der Waals surface area contributed by atoms with Gasteiger partial charge in [-0.05, 0) is 24.5 Å². The van der Waals surface area contributed by atoms with Gasteiger partial charge in [0, 0.05) is 6.42 Å². The number of ether oxygens (including phenoxy) is 1. The lowest BCUT2D eigenvalue weighted by atomic mass is 10.0. The Kier molecular flexibility index (Phi) is 5.97. The molecule has 10 heteroatoms. The van der Waals surface area contributed by atoms with Gasteiger partial charge in [0.25, 0.3) is 17.7 Å². The van der Waals surface area contributed by atoms with Gasteiger partial charge in [0.2, 0.25) is 5.91 Å². The molecule has 2 atom stereocenters. The van der Waals surface area contributed by atoms with Gasteiger partial charge in [-0.25, -0.2) is 4.39 Å². The van der Waals surface area contributed by atoms with Crippen molar-refractivity contribution in [3.8, 4) is 0 Å². The average molecular weight is 419 g/mol. The highest BCUT2D eigenvalue weighted by Gasteiger charge is 2.47. The van der Waals surface area contributed by atoms with Crippen LogP contribution in [0, 0.1) is 11.7 Å². The molecule has 1 aromatic carbocycles. The standard InChI is InChI=1S/C20H22FN3O6/c1-10(2)16(22)20(29)30-9-8-23-14(25)7-6-13(18(23)27)24-17(26)11-4-3-5-12(21)15(11)19(24)28/h3-5,10,13,16H,6-9,22H2,1-2H3/t13?,16-/m0/s1. The zero-order chi connectivity index (χ0) is 22.2. The van der Waals surface area contributed by atoms with Gasteiger partial charge < -0.3 is 10.5 Å². The zero-order valence-corrected chi connectivity index (χ0v) is 16.6. The van der Waals surface area contributed by atoms with Gasteiger partial charge in [0.05, 0.1) is 17.7 Å². The fourth-order valence-corrected chi connectivity index (χ4v) is 3.45. The number of piperidine rings is 1. The number of likely N-dealkylation sites (tertiary alicyclic amines) is 1. The molecule has 4 amide bonds. The van der Waals surface area contributed by atoms with E-state index < -0.39 is 47.5 Å². The van der Waals surface area contributed by atoms with Crippen molar-refractivity contribution in [3.05, 3.63) is 35.1 Å². The van der Waals surface area contributed by atoms with E-state index in [0.717, 1.165) is 11.0 Å². The lowest BCUT2D eigenvalue weighted by Crippen LogP contribution is -2.56. The van der Waals surface area contributed by atoms with Gasteiger partial charge >= 0.3 is 5.97 Å². The summed E-state index contributed by atoms with van der Waals surface area (Å²) in [5.41, 5.74) is 5.19. The van der Waals surface area contributed by atoms with Crippen molar-refractivity contribution in [1.29, 1.82) is 0 Å². The van der Waals surface area contributed by atoms with Gasteiger partial charge in [-0.15, -0.1) is 0 Å². The van der Waals surface area contributed by atoms with Gasteiger partial charge in [-0.3, -0.25) is 33.8 Å². The van der Waals surface area contributed by atoms with Gasteiger partial charge in [0.15, 0.2) is 0 Å². The number of hydrogen-bond acceptors (Lipinski definition) is 7. The molecule has 0 saturated carbocycles. The lowest BCUT2D eigenvalue weighted by Gasteiger charge is -2.34. The molecule has 1 fully saturated rings. The van der Waals surface area contributed by atoms with Crippen molar-refractivity contribution < 1.29 is 33.1 Å². The van der Waals surface area contributed by atoms with E-state index in [2.05, 4.69) is 0 Å². The first-order valence-electron chi connectivity index (χ1n) is 9.58. The summed E-state index contributed by atoms with van der Waals surface area (Å²) in [6.07, 6.45) is -0.148. The summed E-state index contributed by atoms with van der Waals surface area (Å²) in [5.74, 6) is -4.62. The Labute approximate surface area is 171 Å². The molecular formula is C20H22FN3O6. The maximum Gasteiger partial charge on any atom is 0.323 e. The fraction of sp³-hybridized carbons (Fsp3) is 0.450. The number of fused-ring (bicyclic) bond motifs is 1. The second-order valence-electron chi connectivity index (χ2n) is 7.52. The highest BCUT2D eigenvalue weighted by atomic mass is 19.1. The number of carbonyl (C=O) groups is 5. The first kappa shape index (κ1) is 21.6. The summed E-state index contributed by atoms with van der Waals surface area (Å²) in [5, 5.41) is 0. The number of nitrogens with two attached hydrogens (primary N) is 1. The number of carbonyl (C=O) groups excluding carboxylic acids is 5. The molecule has 0 aromatic heterocycles. The van der Waals surface area contributed by atoms with Crippen LogP contribution in [0.25, 0.3) is 0 Å². The molecule has 0 aliphatic carbocycles. The van der Waals surface area contributed by atoms with E-state index in [1.165, 1.54) is 12.1 Å². The molecular weight excluding hydrogens is 397 g/mol. The van der Waals surface area contributed by atoms with Crippen molar-refractivity contribution in [2.45, 2.75) is 38.8 Å². The molecule has 9 nitrogen and oxygen atoms in total. The average Bonchev–Trinajstić information content (AvgIpc) is 2.95. The minimum Gasteiger partial charge on any atom is -0.463 e. The molecule has 3 rings (SSSR count). The van der Waals surface area contributed by atoms with Crippen LogP contribution in [-0.4, -0.2) is 64.6 Å². The summed E-state index contributed by atoms with van der Waals surface area (Å²) < 4.78 is 19.1. The summed E-state index contributed by atoms with van der Waals surface area (Å²) in [6.45, 7) is 3.00. The third kappa shape index (κ3) is 3.70. The first-order valence-corrected chi connectivity index (χ1v) is 9.58. The Morgan fingerprint density at radius 3 is 2.57 bits per heavy atom.